The summed E-state index contributed by atoms with van der Waals surface area (Å²) in [6, 6.07) is 6.08. The van der Waals surface area contributed by atoms with Crippen molar-refractivity contribution in [3.8, 4) is 0 Å². The van der Waals surface area contributed by atoms with E-state index in [4.69, 9.17) is 0 Å². The van der Waals surface area contributed by atoms with Crippen molar-refractivity contribution in [1.82, 2.24) is 0 Å². The molecule has 1 aromatic carbocycles. The third-order valence-electron chi connectivity index (χ3n) is 4.25. The monoisotopic (exact) mass is 341 g/mol. The third kappa shape index (κ3) is 3.75. The summed E-state index contributed by atoms with van der Waals surface area (Å²) in [5.41, 5.74) is 1.90. The molecule has 0 N–H and O–H groups in total. The number of hydrogen-bond acceptors (Lipinski definition) is 1. The van der Waals surface area contributed by atoms with Crippen LogP contribution in [0.1, 0.15) is 51.5 Å². The highest BCUT2D eigenvalue weighted by atomic mass is 79.9. The lowest BCUT2D eigenvalue weighted by Crippen LogP contribution is -2.35. The van der Waals surface area contributed by atoms with Gasteiger partial charge in [-0.1, -0.05) is 48.7 Å². The average molecular weight is 342 g/mol. The highest BCUT2D eigenvalue weighted by molar-refractivity contribution is 9.08. The predicted octanol–water partition coefficient (Wildman–Crippen LogP) is 5.52. The maximum absolute atomic E-state index is 14.0. The topological polar surface area (TPSA) is 3.24 Å². The Bertz CT molecular complexity index is 427. The van der Waals surface area contributed by atoms with E-state index in [1.54, 1.807) is 6.07 Å². The Labute approximate surface area is 130 Å². The van der Waals surface area contributed by atoms with Gasteiger partial charge in [-0.15, -0.1) is 0 Å². The van der Waals surface area contributed by atoms with E-state index in [9.17, 15) is 4.39 Å². The Morgan fingerprint density at radius 1 is 1.30 bits per heavy atom. The molecule has 0 unspecified atom stereocenters. The molecular weight excluding hydrogens is 317 g/mol. The van der Waals surface area contributed by atoms with Gasteiger partial charge >= 0.3 is 0 Å². The summed E-state index contributed by atoms with van der Waals surface area (Å²) < 4.78 is 14.0. The molecule has 2 rings (SSSR count). The molecule has 0 radical (unpaired) electrons. The van der Waals surface area contributed by atoms with Crippen LogP contribution < -0.4 is 4.90 Å². The number of rotatable bonds is 6. The first-order valence-corrected chi connectivity index (χ1v) is 8.85. The van der Waals surface area contributed by atoms with Gasteiger partial charge in [-0.05, 0) is 37.3 Å². The van der Waals surface area contributed by atoms with Crippen molar-refractivity contribution in [3.63, 3.8) is 0 Å². The Hall–Kier alpha value is -0.570. The van der Waals surface area contributed by atoms with Gasteiger partial charge in [0.1, 0.15) is 5.82 Å². The SMILES string of the molecule is CC(C)CCN(c1cccc(F)c1CBr)C1CCCC1. The minimum Gasteiger partial charge on any atom is -0.368 e. The van der Waals surface area contributed by atoms with Gasteiger partial charge in [-0.25, -0.2) is 4.39 Å². The van der Waals surface area contributed by atoms with E-state index in [0.717, 1.165) is 24.2 Å². The summed E-state index contributed by atoms with van der Waals surface area (Å²) in [6.45, 7) is 5.54. The predicted molar refractivity (Wildman–Crippen MR) is 88.1 cm³/mol. The van der Waals surface area contributed by atoms with Crippen LogP contribution in [0.25, 0.3) is 0 Å². The zero-order valence-electron chi connectivity index (χ0n) is 12.5. The fourth-order valence-electron chi connectivity index (χ4n) is 3.06. The smallest absolute Gasteiger partial charge is 0.129 e. The van der Waals surface area contributed by atoms with E-state index in [-0.39, 0.29) is 5.82 Å². The van der Waals surface area contributed by atoms with Crippen molar-refractivity contribution in [1.29, 1.82) is 0 Å². The highest BCUT2D eigenvalue weighted by Crippen LogP contribution is 2.33. The van der Waals surface area contributed by atoms with Gasteiger partial charge in [-0.2, -0.15) is 0 Å². The summed E-state index contributed by atoms with van der Waals surface area (Å²) in [6.07, 6.45) is 6.27. The molecular formula is C17H25BrFN. The standard InChI is InChI=1S/C17H25BrFN/c1-13(2)10-11-20(14-6-3-4-7-14)17-9-5-8-16(19)15(17)12-18/h5,8-9,13-14H,3-4,6-7,10-12H2,1-2H3. The third-order valence-corrected chi connectivity index (χ3v) is 4.81. The molecule has 1 saturated carbocycles. The second kappa shape index (κ2) is 7.44. The van der Waals surface area contributed by atoms with E-state index in [0.29, 0.717) is 17.3 Å². The van der Waals surface area contributed by atoms with Gasteiger partial charge in [0.05, 0.1) is 0 Å². The summed E-state index contributed by atoms with van der Waals surface area (Å²) in [5, 5.41) is 0.583. The van der Waals surface area contributed by atoms with Crippen molar-refractivity contribution in [2.45, 2.75) is 57.3 Å². The molecule has 1 fully saturated rings. The van der Waals surface area contributed by atoms with Crippen LogP contribution >= 0.6 is 15.9 Å². The second-order valence-corrected chi connectivity index (χ2v) is 6.75. The zero-order chi connectivity index (χ0) is 14.5. The number of anilines is 1. The Morgan fingerprint density at radius 2 is 2.00 bits per heavy atom. The molecule has 1 aromatic rings. The fraction of sp³-hybridized carbons (Fsp3) is 0.647. The van der Waals surface area contributed by atoms with Crippen LogP contribution in [0.2, 0.25) is 0 Å². The van der Waals surface area contributed by atoms with Crippen molar-refractivity contribution in [2.75, 3.05) is 11.4 Å². The van der Waals surface area contributed by atoms with Crippen LogP contribution in [-0.4, -0.2) is 12.6 Å². The molecule has 112 valence electrons. The number of alkyl halides is 1. The molecule has 0 aliphatic heterocycles. The Balaban J connectivity index is 2.27. The molecule has 0 heterocycles. The summed E-state index contributed by atoms with van der Waals surface area (Å²) >= 11 is 3.45. The van der Waals surface area contributed by atoms with Crippen molar-refractivity contribution in [2.24, 2.45) is 5.92 Å². The quantitative estimate of drug-likeness (QED) is 0.616. The van der Waals surface area contributed by atoms with Gasteiger partial charge in [0.2, 0.25) is 0 Å². The maximum atomic E-state index is 14.0. The summed E-state index contributed by atoms with van der Waals surface area (Å²) in [5.74, 6) is 0.590. The van der Waals surface area contributed by atoms with Crippen LogP contribution in [0.3, 0.4) is 0 Å². The zero-order valence-corrected chi connectivity index (χ0v) is 14.1. The van der Waals surface area contributed by atoms with Gasteiger partial charge in [0.25, 0.3) is 0 Å². The van der Waals surface area contributed by atoms with Gasteiger partial charge < -0.3 is 4.90 Å². The van der Waals surface area contributed by atoms with Crippen LogP contribution in [0.5, 0.6) is 0 Å². The fourth-order valence-corrected chi connectivity index (χ4v) is 3.62. The average Bonchev–Trinajstić information content (AvgIpc) is 2.93. The summed E-state index contributed by atoms with van der Waals surface area (Å²) in [4.78, 5) is 2.46. The largest absolute Gasteiger partial charge is 0.368 e. The minimum absolute atomic E-state index is 0.0908. The highest BCUT2D eigenvalue weighted by Gasteiger charge is 2.25. The van der Waals surface area contributed by atoms with E-state index in [1.807, 2.05) is 6.07 Å². The van der Waals surface area contributed by atoms with Crippen LogP contribution in [0, 0.1) is 11.7 Å². The molecule has 1 nitrogen and oxygen atoms in total. The molecule has 0 spiro atoms. The molecule has 20 heavy (non-hydrogen) atoms. The first-order chi connectivity index (χ1) is 9.63. The Morgan fingerprint density at radius 3 is 2.60 bits per heavy atom. The van der Waals surface area contributed by atoms with Crippen molar-refractivity contribution in [3.05, 3.63) is 29.6 Å². The van der Waals surface area contributed by atoms with Crippen molar-refractivity contribution < 1.29 is 4.39 Å². The van der Waals surface area contributed by atoms with Crippen LogP contribution in [0.15, 0.2) is 18.2 Å². The maximum Gasteiger partial charge on any atom is 0.129 e. The molecule has 1 aliphatic rings. The molecule has 3 heteroatoms. The number of nitrogens with zero attached hydrogens (tertiary/aromatic N) is 1. The molecule has 0 amide bonds. The molecule has 0 saturated heterocycles. The van der Waals surface area contributed by atoms with E-state index >= 15 is 0 Å². The first kappa shape index (κ1) is 15.8. The van der Waals surface area contributed by atoms with E-state index in [1.165, 1.54) is 25.7 Å². The summed E-state index contributed by atoms with van der Waals surface area (Å²) in [7, 11) is 0. The van der Waals surface area contributed by atoms with Crippen LogP contribution in [-0.2, 0) is 5.33 Å². The number of halogens is 2. The lowest BCUT2D eigenvalue weighted by atomic mass is 10.1. The molecule has 0 atom stereocenters. The molecule has 0 aromatic heterocycles. The van der Waals surface area contributed by atoms with Gasteiger partial charge in [0.15, 0.2) is 0 Å². The van der Waals surface area contributed by atoms with E-state index in [2.05, 4.69) is 40.7 Å². The number of hydrogen-bond donors (Lipinski definition) is 0. The van der Waals surface area contributed by atoms with Gasteiger partial charge in [-0.3, -0.25) is 0 Å². The lowest BCUT2D eigenvalue weighted by molar-refractivity contribution is 0.525. The minimum atomic E-state index is -0.0908. The molecule has 1 aliphatic carbocycles. The lowest BCUT2D eigenvalue weighted by Gasteiger charge is -2.33. The number of benzene rings is 1. The first-order valence-electron chi connectivity index (χ1n) is 7.73. The van der Waals surface area contributed by atoms with E-state index < -0.39 is 0 Å². The Kier molecular flexibility index (Phi) is 5.88. The molecule has 0 bridgehead atoms. The van der Waals surface area contributed by atoms with Crippen molar-refractivity contribution >= 4 is 21.6 Å². The second-order valence-electron chi connectivity index (χ2n) is 6.19. The normalized spacial score (nSPS) is 16.1. The van der Waals surface area contributed by atoms with Crippen LogP contribution in [0.4, 0.5) is 10.1 Å². The van der Waals surface area contributed by atoms with Gasteiger partial charge in [0, 0.05) is 29.2 Å².